The Morgan fingerprint density at radius 1 is 1.17 bits per heavy atom. The van der Waals surface area contributed by atoms with E-state index in [0.717, 1.165) is 18.4 Å². The van der Waals surface area contributed by atoms with E-state index in [2.05, 4.69) is 10.6 Å². The summed E-state index contributed by atoms with van der Waals surface area (Å²) in [6.07, 6.45) is 5.43. The van der Waals surface area contributed by atoms with Crippen molar-refractivity contribution in [3.8, 4) is 0 Å². The van der Waals surface area contributed by atoms with Crippen LogP contribution in [0.5, 0.6) is 0 Å². The van der Waals surface area contributed by atoms with E-state index < -0.39 is 6.09 Å². The minimum atomic E-state index is -0.494. The summed E-state index contributed by atoms with van der Waals surface area (Å²) in [5.74, 6) is -0.0254. The van der Waals surface area contributed by atoms with Crippen LogP contribution in [0.4, 0.5) is 4.79 Å². The second-order valence-electron chi connectivity index (χ2n) is 5.93. The first-order valence-electron chi connectivity index (χ1n) is 8.46. The van der Waals surface area contributed by atoms with Gasteiger partial charge in [-0.1, -0.05) is 49.6 Å². The van der Waals surface area contributed by atoms with Crippen molar-refractivity contribution in [2.45, 2.75) is 57.5 Å². The highest BCUT2D eigenvalue weighted by Gasteiger charge is 2.21. The maximum Gasteiger partial charge on any atom is 0.407 e. The van der Waals surface area contributed by atoms with E-state index in [1.54, 1.807) is 6.92 Å². The van der Waals surface area contributed by atoms with Gasteiger partial charge in [0.25, 0.3) is 0 Å². The Balaban J connectivity index is 1.95. The summed E-state index contributed by atoms with van der Waals surface area (Å²) in [7, 11) is 0. The summed E-state index contributed by atoms with van der Waals surface area (Å²) in [4.78, 5) is 24.1. The molecule has 1 atom stereocenters. The van der Waals surface area contributed by atoms with E-state index in [1.165, 1.54) is 19.3 Å². The largest absolute Gasteiger partial charge is 0.450 e. The predicted molar refractivity (Wildman–Crippen MR) is 89.0 cm³/mol. The van der Waals surface area contributed by atoms with Gasteiger partial charge in [0.2, 0.25) is 5.91 Å². The number of amides is 2. The van der Waals surface area contributed by atoms with Crippen molar-refractivity contribution >= 4 is 12.0 Å². The smallest absolute Gasteiger partial charge is 0.407 e. The van der Waals surface area contributed by atoms with Crippen LogP contribution in [0.3, 0.4) is 0 Å². The van der Waals surface area contributed by atoms with E-state index in [1.807, 2.05) is 30.3 Å². The van der Waals surface area contributed by atoms with Crippen molar-refractivity contribution < 1.29 is 14.3 Å². The van der Waals surface area contributed by atoms with Gasteiger partial charge in [-0.2, -0.15) is 0 Å². The Bertz CT molecular complexity index is 498. The Labute approximate surface area is 137 Å². The van der Waals surface area contributed by atoms with E-state index in [-0.39, 0.29) is 24.4 Å². The number of benzene rings is 1. The maximum absolute atomic E-state index is 12.3. The number of ether oxygens (including phenoxy) is 1. The Hall–Kier alpha value is -2.04. The lowest BCUT2D eigenvalue weighted by molar-refractivity contribution is -0.122. The standard InChI is InChI=1S/C18H26N2O3/c1-2-23-18(22)20-16(14-9-5-3-6-10-14)13-17(21)19-15-11-7-4-8-12-15/h3,5-6,9-10,15-16H,2,4,7-8,11-13H2,1H3,(H,19,21)(H,20,22)/t16-/m0/s1. The summed E-state index contributed by atoms with van der Waals surface area (Å²) >= 11 is 0. The molecule has 0 aliphatic heterocycles. The van der Waals surface area contributed by atoms with Gasteiger partial charge in [-0.15, -0.1) is 0 Å². The summed E-state index contributed by atoms with van der Waals surface area (Å²) < 4.78 is 4.94. The zero-order valence-corrected chi connectivity index (χ0v) is 13.7. The van der Waals surface area contributed by atoms with Crippen LogP contribution in [0.2, 0.25) is 0 Å². The summed E-state index contributed by atoms with van der Waals surface area (Å²) in [5, 5.41) is 5.87. The first kappa shape index (κ1) is 17.3. The van der Waals surface area contributed by atoms with Crippen LogP contribution < -0.4 is 10.6 Å². The molecule has 5 nitrogen and oxygen atoms in total. The minimum absolute atomic E-state index is 0.0254. The molecule has 1 saturated carbocycles. The van der Waals surface area contributed by atoms with Crippen molar-refractivity contribution in [3.05, 3.63) is 35.9 Å². The number of hydrogen-bond acceptors (Lipinski definition) is 3. The molecule has 1 aromatic carbocycles. The van der Waals surface area contributed by atoms with Gasteiger partial charge >= 0.3 is 6.09 Å². The summed E-state index contributed by atoms with van der Waals surface area (Å²) in [5.41, 5.74) is 0.902. The highest BCUT2D eigenvalue weighted by atomic mass is 16.5. The third-order valence-corrected chi connectivity index (χ3v) is 4.13. The Morgan fingerprint density at radius 2 is 1.87 bits per heavy atom. The minimum Gasteiger partial charge on any atom is -0.450 e. The number of rotatable bonds is 6. The molecule has 23 heavy (non-hydrogen) atoms. The van der Waals surface area contributed by atoms with Crippen molar-refractivity contribution in [1.29, 1.82) is 0 Å². The van der Waals surface area contributed by atoms with Gasteiger partial charge in [-0.25, -0.2) is 4.79 Å². The fraction of sp³-hybridized carbons (Fsp3) is 0.556. The molecule has 0 unspecified atom stereocenters. The zero-order chi connectivity index (χ0) is 16.5. The third kappa shape index (κ3) is 5.93. The van der Waals surface area contributed by atoms with E-state index in [0.29, 0.717) is 6.61 Å². The Morgan fingerprint density at radius 3 is 2.52 bits per heavy atom. The number of alkyl carbamates (subject to hydrolysis) is 1. The van der Waals surface area contributed by atoms with Gasteiger partial charge in [-0.3, -0.25) is 4.79 Å². The molecular formula is C18H26N2O3. The average Bonchev–Trinajstić information content (AvgIpc) is 2.56. The number of nitrogens with one attached hydrogen (secondary N) is 2. The lowest BCUT2D eigenvalue weighted by atomic mass is 9.95. The monoisotopic (exact) mass is 318 g/mol. The molecule has 0 spiro atoms. The van der Waals surface area contributed by atoms with Gasteiger partial charge in [0.15, 0.2) is 0 Å². The van der Waals surface area contributed by atoms with Gasteiger partial charge in [0.05, 0.1) is 19.1 Å². The fourth-order valence-corrected chi connectivity index (χ4v) is 2.97. The van der Waals surface area contributed by atoms with Gasteiger partial charge < -0.3 is 15.4 Å². The molecule has 1 aliphatic rings. The van der Waals surface area contributed by atoms with E-state index in [9.17, 15) is 9.59 Å². The highest BCUT2D eigenvalue weighted by molar-refractivity contribution is 5.78. The molecule has 0 aromatic heterocycles. The number of carbonyl (C=O) groups excluding carboxylic acids is 2. The van der Waals surface area contributed by atoms with E-state index >= 15 is 0 Å². The van der Waals surface area contributed by atoms with Gasteiger partial charge in [-0.05, 0) is 25.3 Å². The molecular weight excluding hydrogens is 292 g/mol. The maximum atomic E-state index is 12.3. The van der Waals surface area contributed by atoms with E-state index in [4.69, 9.17) is 4.74 Å². The topological polar surface area (TPSA) is 67.4 Å². The van der Waals surface area contributed by atoms with Gasteiger partial charge in [0, 0.05) is 6.04 Å². The van der Waals surface area contributed by atoms with Gasteiger partial charge in [0.1, 0.15) is 0 Å². The molecule has 0 saturated heterocycles. The van der Waals surface area contributed by atoms with Crippen molar-refractivity contribution in [1.82, 2.24) is 10.6 Å². The van der Waals surface area contributed by atoms with Crippen LogP contribution in [-0.2, 0) is 9.53 Å². The molecule has 0 bridgehead atoms. The first-order chi connectivity index (χ1) is 11.2. The second-order valence-corrected chi connectivity index (χ2v) is 5.93. The molecule has 2 amide bonds. The molecule has 5 heteroatoms. The molecule has 126 valence electrons. The van der Waals surface area contributed by atoms with Crippen LogP contribution in [0.25, 0.3) is 0 Å². The number of hydrogen-bond donors (Lipinski definition) is 2. The molecule has 0 radical (unpaired) electrons. The van der Waals surface area contributed by atoms with Crippen LogP contribution >= 0.6 is 0 Å². The van der Waals surface area contributed by atoms with Crippen molar-refractivity contribution in [2.75, 3.05) is 6.61 Å². The molecule has 2 N–H and O–H groups in total. The van der Waals surface area contributed by atoms with Crippen molar-refractivity contribution in [2.24, 2.45) is 0 Å². The number of carbonyl (C=O) groups is 2. The average molecular weight is 318 g/mol. The van der Waals surface area contributed by atoms with Crippen molar-refractivity contribution in [3.63, 3.8) is 0 Å². The molecule has 1 aromatic rings. The molecule has 1 fully saturated rings. The second kappa shape index (κ2) is 9.18. The lowest BCUT2D eigenvalue weighted by Gasteiger charge is -2.24. The molecule has 2 rings (SSSR count). The normalized spacial score (nSPS) is 16.4. The van der Waals surface area contributed by atoms with Crippen LogP contribution in [0.1, 0.15) is 57.1 Å². The molecule has 1 aliphatic carbocycles. The Kier molecular flexibility index (Phi) is 6.91. The first-order valence-corrected chi connectivity index (χ1v) is 8.46. The highest BCUT2D eigenvalue weighted by Crippen LogP contribution is 2.20. The summed E-state index contributed by atoms with van der Waals surface area (Å²) in [6, 6.07) is 9.42. The molecule has 0 heterocycles. The van der Waals surface area contributed by atoms with Crippen LogP contribution in [-0.4, -0.2) is 24.6 Å². The van der Waals surface area contributed by atoms with Crippen LogP contribution in [0.15, 0.2) is 30.3 Å². The summed E-state index contributed by atoms with van der Waals surface area (Å²) in [6.45, 7) is 2.06. The fourth-order valence-electron chi connectivity index (χ4n) is 2.97. The lowest BCUT2D eigenvalue weighted by Crippen LogP contribution is -2.39. The predicted octanol–water partition coefficient (Wildman–Crippen LogP) is 3.31. The quantitative estimate of drug-likeness (QED) is 0.845. The SMILES string of the molecule is CCOC(=O)N[C@@H](CC(=O)NC1CCCCC1)c1ccccc1. The third-order valence-electron chi connectivity index (χ3n) is 4.13. The van der Waals surface area contributed by atoms with Crippen LogP contribution in [0, 0.1) is 0 Å². The zero-order valence-electron chi connectivity index (χ0n) is 13.7.